The third-order valence-corrected chi connectivity index (χ3v) is 2.08. The van der Waals surface area contributed by atoms with Gasteiger partial charge in [0.1, 0.15) is 0 Å². The number of ketones is 1. The minimum Gasteiger partial charge on any atom is -0.465 e. The number of carbonyl (C=O) groups excluding carboxylic acids is 1. The van der Waals surface area contributed by atoms with Crippen LogP contribution in [0.5, 0.6) is 0 Å². The van der Waals surface area contributed by atoms with Gasteiger partial charge < -0.3 is 10.4 Å². The van der Waals surface area contributed by atoms with Gasteiger partial charge in [0, 0.05) is 12.0 Å². The average Bonchev–Trinajstić information content (AvgIpc) is 1.94. The predicted octanol–water partition coefficient (Wildman–Crippen LogP) is 0.867. The molecule has 6 heteroatoms. The van der Waals surface area contributed by atoms with E-state index in [1.54, 1.807) is 0 Å². The lowest BCUT2D eigenvalue weighted by atomic mass is 9.77. The quantitative estimate of drug-likeness (QED) is 0.698. The summed E-state index contributed by atoms with van der Waals surface area (Å²) in [6.45, 7) is 0. The first-order valence-corrected chi connectivity index (χ1v) is 3.82. The maximum absolute atomic E-state index is 11.8. The van der Waals surface area contributed by atoms with Crippen LogP contribution >= 0.6 is 0 Å². The first kappa shape index (κ1) is 9.88. The van der Waals surface area contributed by atoms with Crippen molar-refractivity contribution in [1.29, 1.82) is 0 Å². The lowest BCUT2D eigenvalue weighted by molar-refractivity contribution is -0.136. The highest BCUT2D eigenvalue weighted by molar-refractivity contribution is 5.85. The Labute approximate surface area is 72.9 Å². The molecule has 0 atom stereocenters. The number of rotatable bonds is 3. The molecule has 0 aliphatic heterocycles. The van der Waals surface area contributed by atoms with Gasteiger partial charge in [0.05, 0.1) is 0 Å². The van der Waals surface area contributed by atoms with E-state index in [2.05, 4.69) is 5.32 Å². The van der Waals surface area contributed by atoms with Crippen LogP contribution in [0.15, 0.2) is 0 Å². The summed E-state index contributed by atoms with van der Waals surface area (Å²) in [5.74, 6) is -1.75. The van der Waals surface area contributed by atoms with Gasteiger partial charge in [-0.1, -0.05) is 0 Å². The zero-order chi connectivity index (χ0) is 10.0. The van der Waals surface area contributed by atoms with Crippen molar-refractivity contribution < 1.29 is 23.5 Å². The zero-order valence-electron chi connectivity index (χ0n) is 6.67. The van der Waals surface area contributed by atoms with E-state index in [4.69, 9.17) is 5.11 Å². The van der Waals surface area contributed by atoms with Crippen molar-refractivity contribution in [2.75, 3.05) is 0 Å². The van der Waals surface area contributed by atoms with Gasteiger partial charge in [0.25, 0.3) is 6.43 Å². The summed E-state index contributed by atoms with van der Waals surface area (Å²) in [6, 6.07) is -0.342. The van der Waals surface area contributed by atoms with Gasteiger partial charge in [0.15, 0.2) is 0 Å². The van der Waals surface area contributed by atoms with Crippen LogP contribution in [0.25, 0.3) is 0 Å². The Morgan fingerprint density at radius 1 is 1.38 bits per heavy atom. The van der Waals surface area contributed by atoms with Crippen molar-refractivity contribution in [2.45, 2.75) is 25.3 Å². The summed E-state index contributed by atoms with van der Waals surface area (Å²) in [5.41, 5.74) is 0. The highest BCUT2D eigenvalue weighted by Crippen LogP contribution is 2.29. The van der Waals surface area contributed by atoms with Crippen LogP contribution < -0.4 is 5.32 Å². The number of amides is 1. The van der Waals surface area contributed by atoms with Crippen LogP contribution in [0.2, 0.25) is 0 Å². The molecule has 0 spiro atoms. The number of halogens is 2. The fourth-order valence-electron chi connectivity index (χ4n) is 1.32. The maximum atomic E-state index is 11.8. The average molecular weight is 193 g/mol. The van der Waals surface area contributed by atoms with Gasteiger partial charge >= 0.3 is 6.09 Å². The predicted molar refractivity (Wildman–Crippen MR) is 38.7 cm³/mol. The van der Waals surface area contributed by atoms with E-state index >= 15 is 0 Å². The number of carbonyl (C=O) groups is 2. The van der Waals surface area contributed by atoms with Gasteiger partial charge in [-0.2, -0.15) is 0 Å². The van der Waals surface area contributed by atoms with Crippen molar-refractivity contribution in [3.63, 3.8) is 0 Å². The first-order chi connectivity index (χ1) is 6.00. The minimum atomic E-state index is -2.93. The van der Waals surface area contributed by atoms with Gasteiger partial charge in [-0.25, -0.2) is 13.6 Å². The van der Waals surface area contributed by atoms with E-state index in [0.29, 0.717) is 0 Å². The highest BCUT2D eigenvalue weighted by atomic mass is 19.3. The van der Waals surface area contributed by atoms with Gasteiger partial charge in [-0.15, -0.1) is 0 Å². The zero-order valence-corrected chi connectivity index (χ0v) is 6.67. The van der Waals surface area contributed by atoms with Crippen LogP contribution in [0, 0.1) is 5.92 Å². The summed E-state index contributed by atoms with van der Waals surface area (Å²) in [6.07, 6.45) is -3.74. The first-order valence-electron chi connectivity index (χ1n) is 3.82. The molecule has 4 nitrogen and oxygen atoms in total. The van der Waals surface area contributed by atoms with Crippen LogP contribution in [0.4, 0.5) is 13.6 Å². The molecule has 74 valence electrons. The normalized spacial score (nSPS) is 26.7. The Bertz CT molecular complexity index is 226. The van der Waals surface area contributed by atoms with E-state index in [-0.39, 0.29) is 18.9 Å². The number of hydrogen-bond acceptors (Lipinski definition) is 2. The second kappa shape index (κ2) is 3.68. The maximum Gasteiger partial charge on any atom is 0.404 e. The Morgan fingerprint density at radius 3 is 2.31 bits per heavy atom. The van der Waals surface area contributed by atoms with Gasteiger partial charge in [-0.05, 0) is 12.8 Å². The number of Topliss-reactive ketones (excluding diaryl/α,β-unsaturated/α-hetero) is 1. The molecule has 0 radical (unpaired) electrons. The van der Waals surface area contributed by atoms with E-state index < -0.39 is 24.2 Å². The van der Waals surface area contributed by atoms with Crippen LogP contribution in [0.1, 0.15) is 12.8 Å². The number of nitrogens with one attached hydrogen (secondary N) is 1. The summed E-state index contributed by atoms with van der Waals surface area (Å²) < 4.78 is 23.6. The molecule has 0 aromatic carbocycles. The molecule has 0 saturated heterocycles. The molecule has 0 heterocycles. The monoisotopic (exact) mass is 193 g/mol. The van der Waals surface area contributed by atoms with E-state index in [1.807, 2.05) is 0 Å². The third-order valence-electron chi connectivity index (χ3n) is 2.08. The molecular formula is C7H9F2NO3. The Kier molecular flexibility index (Phi) is 2.79. The minimum absolute atomic E-state index is 0.190. The fourth-order valence-corrected chi connectivity index (χ4v) is 1.32. The van der Waals surface area contributed by atoms with Crippen LogP contribution in [-0.4, -0.2) is 29.5 Å². The molecule has 1 aliphatic carbocycles. The molecule has 0 aromatic rings. The summed E-state index contributed by atoms with van der Waals surface area (Å²) in [4.78, 5) is 20.7. The van der Waals surface area contributed by atoms with Crippen molar-refractivity contribution in [3.05, 3.63) is 0 Å². The van der Waals surface area contributed by atoms with Crippen LogP contribution in [0.3, 0.4) is 0 Å². The molecule has 2 N–H and O–H groups in total. The van der Waals surface area contributed by atoms with E-state index in [9.17, 15) is 18.4 Å². The molecular weight excluding hydrogens is 184 g/mol. The van der Waals surface area contributed by atoms with E-state index in [0.717, 1.165) is 0 Å². The smallest absolute Gasteiger partial charge is 0.404 e. The summed E-state index contributed by atoms with van der Waals surface area (Å²) >= 11 is 0. The second-order valence-corrected chi connectivity index (χ2v) is 3.02. The summed E-state index contributed by atoms with van der Waals surface area (Å²) in [7, 11) is 0. The molecule has 1 saturated carbocycles. The largest absolute Gasteiger partial charge is 0.465 e. The number of alkyl halides is 2. The number of carboxylic acid groups (broad SMARTS) is 1. The molecule has 1 rings (SSSR count). The molecule has 0 unspecified atom stereocenters. The molecule has 0 aromatic heterocycles. The Balaban J connectivity index is 2.25. The topological polar surface area (TPSA) is 66.4 Å². The van der Waals surface area contributed by atoms with Gasteiger partial charge in [-0.3, -0.25) is 4.79 Å². The Hall–Kier alpha value is -1.20. The fraction of sp³-hybridized carbons (Fsp3) is 0.714. The molecule has 0 bridgehead atoms. The third kappa shape index (κ3) is 2.37. The second-order valence-electron chi connectivity index (χ2n) is 3.02. The van der Waals surface area contributed by atoms with Crippen LogP contribution in [-0.2, 0) is 4.79 Å². The molecule has 1 amide bonds. The molecule has 1 fully saturated rings. The highest BCUT2D eigenvalue weighted by Gasteiger charge is 2.38. The van der Waals surface area contributed by atoms with Crippen molar-refractivity contribution in [1.82, 2.24) is 5.32 Å². The SMILES string of the molecule is O=C(O)NC1CC(C(=O)C(F)F)C1. The lowest BCUT2D eigenvalue weighted by Crippen LogP contribution is -2.47. The standard InChI is InChI=1S/C7H9F2NO3/c8-6(9)5(11)3-1-4(2-3)10-7(12)13/h3-4,6,10H,1-2H2,(H,12,13). The van der Waals surface area contributed by atoms with Crippen molar-refractivity contribution in [2.24, 2.45) is 5.92 Å². The Morgan fingerprint density at radius 2 is 1.92 bits per heavy atom. The summed E-state index contributed by atoms with van der Waals surface area (Å²) in [5, 5.41) is 10.4. The molecule has 1 aliphatic rings. The van der Waals surface area contributed by atoms with Gasteiger partial charge in [0.2, 0.25) is 5.78 Å². The molecule has 13 heavy (non-hydrogen) atoms. The van der Waals surface area contributed by atoms with E-state index in [1.165, 1.54) is 0 Å². The lowest BCUT2D eigenvalue weighted by Gasteiger charge is -2.33. The van der Waals surface area contributed by atoms with Crippen molar-refractivity contribution in [3.8, 4) is 0 Å². The van der Waals surface area contributed by atoms with Crippen molar-refractivity contribution >= 4 is 11.9 Å². The number of hydrogen-bond donors (Lipinski definition) is 2.